The summed E-state index contributed by atoms with van der Waals surface area (Å²) in [5.74, 6) is -1.47. The average Bonchev–Trinajstić information content (AvgIpc) is 2.79. The molecule has 114 valence electrons. The quantitative estimate of drug-likeness (QED) is 0.816. The van der Waals surface area contributed by atoms with Gasteiger partial charge >= 0.3 is 11.8 Å². The van der Waals surface area contributed by atoms with E-state index in [-0.39, 0.29) is 11.5 Å². The second kappa shape index (κ2) is 6.26. The highest BCUT2D eigenvalue weighted by atomic mass is 32.2. The van der Waals surface area contributed by atoms with Gasteiger partial charge in [0.1, 0.15) is 0 Å². The van der Waals surface area contributed by atoms with Crippen LogP contribution in [0.25, 0.3) is 0 Å². The van der Waals surface area contributed by atoms with Gasteiger partial charge in [-0.15, -0.1) is 0 Å². The number of benzene rings is 1. The van der Waals surface area contributed by atoms with Crippen molar-refractivity contribution in [1.29, 1.82) is 0 Å². The van der Waals surface area contributed by atoms with Crippen LogP contribution >= 0.6 is 0 Å². The number of nitrogens with one attached hydrogen (secondary N) is 1. The van der Waals surface area contributed by atoms with E-state index in [2.05, 4.69) is 5.32 Å². The predicted octanol–water partition coefficient (Wildman–Crippen LogP) is 0.343. The van der Waals surface area contributed by atoms with Crippen molar-refractivity contribution in [3.05, 3.63) is 30.3 Å². The van der Waals surface area contributed by atoms with Crippen LogP contribution in [-0.2, 0) is 19.4 Å². The van der Waals surface area contributed by atoms with E-state index in [0.717, 1.165) is 0 Å². The van der Waals surface area contributed by atoms with Gasteiger partial charge in [0.05, 0.1) is 11.5 Å². The minimum absolute atomic E-state index is 0.0579. The molecule has 1 fully saturated rings. The molecule has 0 aliphatic carbocycles. The number of anilines is 1. The van der Waals surface area contributed by atoms with Crippen LogP contribution in [0.15, 0.2) is 30.3 Å². The highest BCUT2D eigenvalue weighted by Crippen LogP contribution is 2.14. The molecule has 0 radical (unpaired) electrons. The van der Waals surface area contributed by atoms with Gasteiger partial charge in [-0.3, -0.25) is 9.59 Å². The lowest BCUT2D eigenvalue weighted by atomic mass is 10.2. The van der Waals surface area contributed by atoms with Crippen molar-refractivity contribution in [3.63, 3.8) is 0 Å². The minimum atomic E-state index is -3.08. The maximum atomic E-state index is 12.2. The molecular weight excluding hydrogens is 292 g/mol. The summed E-state index contributed by atoms with van der Waals surface area (Å²) in [5.41, 5.74) is 0.638. The van der Waals surface area contributed by atoms with E-state index in [1.54, 1.807) is 31.2 Å². The van der Waals surface area contributed by atoms with Crippen LogP contribution < -0.4 is 10.2 Å². The fourth-order valence-electron chi connectivity index (χ4n) is 2.33. The maximum absolute atomic E-state index is 12.2. The molecular formula is C14H18N2O4S. The van der Waals surface area contributed by atoms with E-state index in [0.29, 0.717) is 18.7 Å². The molecule has 1 aromatic carbocycles. The monoisotopic (exact) mass is 310 g/mol. The molecule has 21 heavy (non-hydrogen) atoms. The van der Waals surface area contributed by atoms with Crippen LogP contribution in [0.5, 0.6) is 0 Å². The van der Waals surface area contributed by atoms with Crippen molar-refractivity contribution >= 4 is 27.3 Å². The van der Waals surface area contributed by atoms with E-state index < -0.39 is 27.7 Å². The summed E-state index contributed by atoms with van der Waals surface area (Å²) in [5, 5.41) is 2.51. The zero-order valence-electron chi connectivity index (χ0n) is 11.8. The van der Waals surface area contributed by atoms with Crippen molar-refractivity contribution in [2.45, 2.75) is 19.4 Å². The van der Waals surface area contributed by atoms with Crippen LogP contribution in [0, 0.1) is 0 Å². The van der Waals surface area contributed by atoms with Crippen molar-refractivity contribution in [2.24, 2.45) is 0 Å². The first kappa shape index (κ1) is 15.5. The summed E-state index contributed by atoms with van der Waals surface area (Å²) >= 11 is 0. The number of nitrogens with zero attached hydrogens (tertiary/aromatic N) is 1. The molecule has 7 heteroatoms. The Hall–Kier alpha value is -1.89. The summed E-state index contributed by atoms with van der Waals surface area (Å²) in [6.07, 6.45) is 0.360. The molecule has 2 rings (SSSR count). The molecule has 1 aromatic rings. The van der Waals surface area contributed by atoms with E-state index in [4.69, 9.17) is 0 Å². The Labute approximate surface area is 124 Å². The zero-order valence-corrected chi connectivity index (χ0v) is 12.6. The molecule has 1 saturated heterocycles. The van der Waals surface area contributed by atoms with Gasteiger partial charge in [-0.1, -0.05) is 18.2 Å². The third-order valence-electron chi connectivity index (χ3n) is 3.39. The topological polar surface area (TPSA) is 83.6 Å². The molecule has 0 aromatic heterocycles. The minimum Gasteiger partial charge on any atom is -0.344 e. The molecule has 1 aliphatic rings. The largest absolute Gasteiger partial charge is 0.344 e. The Kier molecular flexibility index (Phi) is 4.62. The number of para-hydroxylation sites is 1. The third-order valence-corrected chi connectivity index (χ3v) is 5.16. The third kappa shape index (κ3) is 3.81. The summed E-state index contributed by atoms with van der Waals surface area (Å²) < 4.78 is 22.7. The number of likely N-dealkylation sites (N-methyl/N-ethyl adjacent to an activating group) is 1. The van der Waals surface area contributed by atoms with Gasteiger partial charge in [0.2, 0.25) is 0 Å². The molecule has 1 atom stereocenters. The Morgan fingerprint density at radius 3 is 2.48 bits per heavy atom. The van der Waals surface area contributed by atoms with Gasteiger partial charge in [0.15, 0.2) is 9.84 Å². The fourth-order valence-corrected chi connectivity index (χ4v) is 4.00. The van der Waals surface area contributed by atoms with Crippen LogP contribution in [0.4, 0.5) is 5.69 Å². The summed E-state index contributed by atoms with van der Waals surface area (Å²) in [4.78, 5) is 25.5. The van der Waals surface area contributed by atoms with Crippen molar-refractivity contribution < 1.29 is 18.0 Å². The summed E-state index contributed by atoms with van der Waals surface area (Å²) in [6, 6.07) is 8.41. The normalized spacial score (nSPS) is 20.0. The van der Waals surface area contributed by atoms with Crippen LogP contribution in [0.1, 0.15) is 13.3 Å². The SMILES string of the molecule is CCN(C(=O)C(=O)NC1CCS(=O)(=O)C1)c1ccccc1. The van der Waals surface area contributed by atoms with Gasteiger partial charge in [-0.2, -0.15) is 0 Å². The molecule has 1 unspecified atom stereocenters. The molecule has 0 saturated carbocycles. The molecule has 1 N–H and O–H groups in total. The summed E-state index contributed by atoms with van der Waals surface area (Å²) in [6.45, 7) is 2.14. The van der Waals surface area contributed by atoms with Gasteiger partial charge in [0, 0.05) is 18.3 Å². The Morgan fingerprint density at radius 2 is 1.95 bits per heavy atom. The maximum Gasteiger partial charge on any atom is 0.316 e. The Bertz CT molecular complexity index is 628. The molecule has 0 spiro atoms. The molecule has 2 amide bonds. The highest BCUT2D eigenvalue weighted by molar-refractivity contribution is 7.91. The fraction of sp³-hybridized carbons (Fsp3) is 0.429. The van der Waals surface area contributed by atoms with Gasteiger partial charge in [-0.25, -0.2) is 8.42 Å². The van der Waals surface area contributed by atoms with E-state index in [1.807, 2.05) is 6.07 Å². The van der Waals surface area contributed by atoms with Gasteiger partial charge in [0.25, 0.3) is 0 Å². The second-order valence-electron chi connectivity index (χ2n) is 4.96. The number of amides is 2. The lowest BCUT2D eigenvalue weighted by Gasteiger charge is -2.21. The Balaban J connectivity index is 2.03. The van der Waals surface area contributed by atoms with Gasteiger partial charge in [-0.05, 0) is 25.5 Å². The van der Waals surface area contributed by atoms with Crippen molar-refractivity contribution in [1.82, 2.24) is 5.32 Å². The lowest BCUT2D eigenvalue weighted by Crippen LogP contribution is -2.47. The lowest BCUT2D eigenvalue weighted by molar-refractivity contribution is -0.137. The average molecular weight is 310 g/mol. The first-order chi connectivity index (χ1) is 9.93. The standard InChI is InChI=1S/C14H18N2O4S/c1-2-16(12-6-4-3-5-7-12)14(18)13(17)15-11-8-9-21(19,20)10-11/h3-7,11H,2,8-10H2,1H3,(H,15,17). The number of carbonyl (C=O) groups is 2. The number of hydrogen-bond acceptors (Lipinski definition) is 4. The van der Waals surface area contributed by atoms with E-state index in [1.165, 1.54) is 4.90 Å². The highest BCUT2D eigenvalue weighted by Gasteiger charge is 2.31. The predicted molar refractivity (Wildman–Crippen MR) is 79.7 cm³/mol. The number of sulfone groups is 1. The van der Waals surface area contributed by atoms with Crippen LogP contribution in [-0.4, -0.2) is 44.3 Å². The number of hydrogen-bond donors (Lipinski definition) is 1. The number of carbonyl (C=O) groups excluding carboxylic acids is 2. The zero-order chi connectivity index (χ0) is 15.5. The molecule has 6 nitrogen and oxygen atoms in total. The second-order valence-corrected chi connectivity index (χ2v) is 7.19. The van der Waals surface area contributed by atoms with E-state index >= 15 is 0 Å². The van der Waals surface area contributed by atoms with Gasteiger partial charge < -0.3 is 10.2 Å². The summed E-state index contributed by atoms with van der Waals surface area (Å²) in [7, 11) is -3.08. The van der Waals surface area contributed by atoms with Crippen molar-refractivity contribution in [3.8, 4) is 0 Å². The first-order valence-electron chi connectivity index (χ1n) is 6.81. The molecule has 1 heterocycles. The van der Waals surface area contributed by atoms with Crippen LogP contribution in [0.2, 0.25) is 0 Å². The Morgan fingerprint density at radius 1 is 1.29 bits per heavy atom. The van der Waals surface area contributed by atoms with E-state index in [9.17, 15) is 18.0 Å². The molecule has 0 bridgehead atoms. The number of rotatable bonds is 3. The molecule has 1 aliphatic heterocycles. The smallest absolute Gasteiger partial charge is 0.316 e. The first-order valence-corrected chi connectivity index (χ1v) is 8.63. The van der Waals surface area contributed by atoms with Crippen molar-refractivity contribution in [2.75, 3.05) is 23.0 Å². The van der Waals surface area contributed by atoms with Crippen LogP contribution in [0.3, 0.4) is 0 Å².